The Morgan fingerprint density at radius 3 is 2.62 bits per heavy atom. The predicted octanol–water partition coefficient (Wildman–Crippen LogP) is 0.736. The van der Waals surface area contributed by atoms with Crippen molar-refractivity contribution in [2.75, 3.05) is 44.2 Å². The summed E-state index contributed by atoms with van der Waals surface area (Å²) in [5.41, 5.74) is -0.669. The third-order valence-electron chi connectivity index (χ3n) is 2.85. The highest BCUT2D eigenvalue weighted by molar-refractivity contribution is 7.99. The van der Waals surface area contributed by atoms with Gasteiger partial charge >= 0.3 is 5.97 Å². The van der Waals surface area contributed by atoms with E-state index >= 15 is 0 Å². The van der Waals surface area contributed by atoms with Crippen molar-refractivity contribution in [1.82, 2.24) is 10.2 Å². The summed E-state index contributed by atoms with van der Waals surface area (Å²) in [5.74, 6) is 1.70. The molecule has 16 heavy (non-hydrogen) atoms. The summed E-state index contributed by atoms with van der Waals surface area (Å²) in [5, 5.41) is 12.2. The smallest absolute Gasteiger partial charge is 0.310 e. The Hall–Kier alpha value is -0.260. The molecular weight excluding hydrogens is 224 g/mol. The van der Waals surface area contributed by atoms with Gasteiger partial charge in [0.2, 0.25) is 0 Å². The molecular formula is C11H22N2O2S. The van der Waals surface area contributed by atoms with E-state index in [0.717, 1.165) is 26.2 Å². The molecule has 1 saturated heterocycles. The van der Waals surface area contributed by atoms with Crippen LogP contribution in [0.3, 0.4) is 0 Å². The van der Waals surface area contributed by atoms with Crippen LogP contribution in [0.5, 0.6) is 0 Å². The molecule has 94 valence electrons. The first-order chi connectivity index (χ1) is 7.52. The van der Waals surface area contributed by atoms with Crippen LogP contribution in [-0.4, -0.2) is 60.2 Å². The molecule has 0 aromatic rings. The van der Waals surface area contributed by atoms with Crippen LogP contribution < -0.4 is 5.32 Å². The van der Waals surface area contributed by atoms with Gasteiger partial charge in [0.05, 0.1) is 5.41 Å². The Kier molecular flexibility index (Phi) is 5.58. The molecule has 5 heteroatoms. The summed E-state index contributed by atoms with van der Waals surface area (Å²) >= 11 is 2.01. The van der Waals surface area contributed by atoms with Crippen LogP contribution in [0.4, 0.5) is 0 Å². The maximum absolute atomic E-state index is 10.9. The van der Waals surface area contributed by atoms with Crippen LogP contribution in [-0.2, 0) is 4.79 Å². The van der Waals surface area contributed by atoms with Crippen LogP contribution in [0.25, 0.3) is 0 Å². The summed E-state index contributed by atoms with van der Waals surface area (Å²) in [4.78, 5) is 13.3. The number of carboxylic acids is 1. The number of nitrogens with one attached hydrogen (secondary N) is 1. The van der Waals surface area contributed by atoms with Gasteiger partial charge in [-0.1, -0.05) is 0 Å². The standard InChI is InChI=1S/C11H22N2O2S/c1-11(2,10(14)15)9-12-3-4-13-5-7-16-8-6-13/h12H,3-9H2,1-2H3,(H,14,15). The lowest BCUT2D eigenvalue weighted by Crippen LogP contribution is -2.41. The molecule has 0 amide bonds. The van der Waals surface area contributed by atoms with Crippen molar-refractivity contribution in [3.63, 3.8) is 0 Å². The van der Waals surface area contributed by atoms with Gasteiger partial charge < -0.3 is 15.3 Å². The second-order valence-corrected chi connectivity index (χ2v) is 6.04. The molecule has 1 aliphatic rings. The fourth-order valence-corrected chi connectivity index (χ4v) is 2.52. The Morgan fingerprint density at radius 2 is 2.06 bits per heavy atom. The molecule has 1 fully saturated rings. The zero-order chi connectivity index (χ0) is 12.0. The Labute approximate surface area is 102 Å². The number of carboxylic acid groups (broad SMARTS) is 1. The van der Waals surface area contributed by atoms with Gasteiger partial charge in [0.1, 0.15) is 0 Å². The molecule has 1 rings (SSSR count). The van der Waals surface area contributed by atoms with Crippen molar-refractivity contribution in [2.24, 2.45) is 5.41 Å². The van der Waals surface area contributed by atoms with Gasteiger partial charge in [-0.15, -0.1) is 0 Å². The van der Waals surface area contributed by atoms with Gasteiger partial charge in [-0.2, -0.15) is 11.8 Å². The molecule has 0 saturated carbocycles. The Balaban J connectivity index is 2.09. The second kappa shape index (κ2) is 6.47. The molecule has 2 N–H and O–H groups in total. The van der Waals surface area contributed by atoms with Crippen molar-refractivity contribution in [2.45, 2.75) is 13.8 Å². The van der Waals surface area contributed by atoms with E-state index < -0.39 is 11.4 Å². The summed E-state index contributed by atoms with van der Waals surface area (Å²) in [7, 11) is 0. The van der Waals surface area contributed by atoms with Crippen LogP contribution in [0.2, 0.25) is 0 Å². The van der Waals surface area contributed by atoms with Gasteiger partial charge in [-0.3, -0.25) is 4.79 Å². The summed E-state index contributed by atoms with van der Waals surface area (Å²) < 4.78 is 0. The van der Waals surface area contributed by atoms with Crippen LogP contribution >= 0.6 is 11.8 Å². The summed E-state index contributed by atoms with van der Waals surface area (Å²) in [6.45, 7) is 8.26. The topological polar surface area (TPSA) is 52.6 Å². The van der Waals surface area contributed by atoms with Gasteiger partial charge in [-0.25, -0.2) is 0 Å². The summed E-state index contributed by atoms with van der Waals surface area (Å²) in [6.07, 6.45) is 0. The van der Waals surface area contributed by atoms with E-state index in [1.165, 1.54) is 11.5 Å². The molecule has 1 heterocycles. The van der Waals surface area contributed by atoms with E-state index in [1.54, 1.807) is 13.8 Å². The normalized spacial score (nSPS) is 18.6. The molecule has 0 radical (unpaired) electrons. The zero-order valence-corrected chi connectivity index (χ0v) is 11.0. The van der Waals surface area contributed by atoms with Crippen molar-refractivity contribution in [1.29, 1.82) is 0 Å². The number of thioether (sulfide) groups is 1. The van der Waals surface area contributed by atoms with Crippen molar-refractivity contribution >= 4 is 17.7 Å². The van der Waals surface area contributed by atoms with E-state index in [4.69, 9.17) is 5.11 Å². The van der Waals surface area contributed by atoms with Crippen LogP contribution in [0.15, 0.2) is 0 Å². The monoisotopic (exact) mass is 246 g/mol. The fraction of sp³-hybridized carbons (Fsp3) is 0.909. The second-order valence-electron chi connectivity index (χ2n) is 4.82. The van der Waals surface area contributed by atoms with Gasteiger partial charge in [0.25, 0.3) is 0 Å². The highest BCUT2D eigenvalue weighted by Crippen LogP contribution is 2.13. The molecule has 0 unspecified atom stereocenters. The number of hydrogen-bond donors (Lipinski definition) is 2. The fourth-order valence-electron chi connectivity index (χ4n) is 1.54. The third-order valence-corrected chi connectivity index (χ3v) is 3.80. The lowest BCUT2D eigenvalue weighted by atomic mass is 9.94. The zero-order valence-electron chi connectivity index (χ0n) is 10.2. The van der Waals surface area contributed by atoms with E-state index in [1.807, 2.05) is 11.8 Å². The number of aliphatic carboxylic acids is 1. The minimum atomic E-state index is -0.741. The molecule has 0 aliphatic carbocycles. The highest BCUT2D eigenvalue weighted by Gasteiger charge is 2.26. The largest absolute Gasteiger partial charge is 0.481 e. The number of nitrogens with zero attached hydrogens (tertiary/aromatic N) is 1. The van der Waals surface area contributed by atoms with Gasteiger partial charge in [-0.05, 0) is 13.8 Å². The first-order valence-corrected chi connectivity index (χ1v) is 6.92. The van der Waals surface area contributed by atoms with E-state index in [9.17, 15) is 4.79 Å². The van der Waals surface area contributed by atoms with Crippen molar-refractivity contribution in [3.8, 4) is 0 Å². The minimum absolute atomic E-state index is 0.533. The summed E-state index contributed by atoms with van der Waals surface area (Å²) in [6, 6.07) is 0. The number of hydrogen-bond acceptors (Lipinski definition) is 4. The number of rotatable bonds is 6. The lowest BCUT2D eigenvalue weighted by molar-refractivity contribution is -0.146. The number of carbonyl (C=O) groups is 1. The van der Waals surface area contributed by atoms with Crippen molar-refractivity contribution < 1.29 is 9.90 Å². The molecule has 0 spiro atoms. The van der Waals surface area contributed by atoms with Crippen molar-refractivity contribution in [3.05, 3.63) is 0 Å². The maximum atomic E-state index is 10.9. The van der Waals surface area contributed by atoms with E-state index in [0.29, 0.717) is 6.54 Å². The third kappa shape index (κ3) is 4.72. The lowest BCUT2D eigenvalue weighted by Gasteiger charge is -2.27. The molecule has 0 aromatic heterocycles. The quantitative estimate of drug-likeness (QED) is 0.677. The molecule has 1 aliphatic heterocycles. The first-order valence-electron chi connectivity index (χ1n) is 5.76. The van der Waals surface area contributed by atoms with E-state index in [-0.39, 0.29) is 0 Å². The van der Waals surface area contributed by atoms with Gasteiger partial charge in [0.15, 0.2) is 0 Å². The molecule has 0 aromatic carbocycles. The van der Waals surface area contributed by atoms with Gasteiger partial charge in [0, 0.05) is 44.2 Å². The molecule has 0 bridgehead atoms. The molecule has 0 atom stereocenters. The average molecular weight is 246 g/mol. The van der Waals surface area contributed by atoms with Crippen LogP contribution in [0.1, 0.15) is 13.8 Å². The van der Waals surface area contributed by atoms with Crippen LogP contribution in [0, 0.1) is 5.41 Å². The maximum Gasteiger partial charge on any atom is 0.310 e. The minimum Gasteiger partial charge on any atom is -0.481 e. The SMILES string of the molecule is CC(C)(CNCCN1CCSCC1)C(=O)O. The average Bonchev–Trinajstić information content (AvgIpc) is 2.26. The first kappa shape index (κ1) is 13.8. The highest BCUT2D eigenvalue weighted by atomic mass is 32.2. The predicted molar refractivity (Wildman–Crippen MR) is 68.1 cm³/mol. The Bertz CT molecular complexity index is 228. The van der Waals surface area contributed by atoms with E-state index in [2.05, 4.69) is 10.2 Å². The molecule has 4 nitrogen and oxygen atoms in total. The Morgan fingerprint density at radius 1 is 1.44 bits per heavy atom.